The molecule has 0 aromatic carbocycles. The van der Waals surface area contributed by atoms with Crippen LogP contribution < -0.4 is 0 Å². The molecule has 0 heterocycles. The summed E-state index contributed by atoms with van der Waals surface area (Å²) >= 11 is 0. The quantitative estimate of drug-likeness (QED) is 0.273. The Balaban J connectivity index is 1.60. The molecule has 4 nitrogen and oxygen atoms in total. The van der Waals surface area contributed by atoms with Gasteiger partial charge in [0.05, 0.1) is 5.71 Å². The summed E-state index contributed by atoms with van der Waals surface area (Å²) in [6, 6.07) is 0. The molecule has 0 aliphatic heterocycles. The molecule has 0 amide bonds. The van der Waals surface area contributed by atoms with Crippen molar-refractivity contribution < 1.29 is 13.7 Å². The number of hydrogen-bond donors (Lipinski definition) is 0. The van der Waals surface area contributed by atoms with Gasteiger partial charge in [0, 0.05) is 18.1 Å². The third kappa shape index (κ3) is 4.99. The largest absolute Gasteiger partial charge is 0.415 e. The van der Waals surface area contributed by atoms with Gasteiger partial charge >= 0.3 is 0 Å². The van der Waals surface area contributed by atoms with Gasteiger partial charge in [0.15, 0.2) is 16.6 Å². The first-order valence-corrected chi connectivity index (χ1v) is 20.9. The highest BCUT2D eigenvalue weighted by Gasteiger charge is 2.63. The molecule has 0 bridgehead atoms. The zero-order valence-corrected chi connectivity index (χ0v) is 25.9. The van der Waals surface area contributed by atoms with Crippen molar-refractivity contribution in [3.8, 4) is 0 Å². The standard InChI is InChI=1S/C28H53NO3Si2/c1-19(31-33(5,6)7)23-13-14-24-22-12-11-20-17-21(32-34(8,9)10)15-16-27(20,2)26(22)25(29-30-4)18-28(23,24)3/h19-24,26H,11-18H2,1-10H3/t19-,20?,21+,22?,23+,24?,26?,27-,28+/m0/s1. The fraction of sp³-hybridized carbons (Fsp3) is 0.964. The highest BCUT2D eigenvalue weighted by atomic mass is 28.4. The predicted octanol–water partition coefficient (Wildman–Crippen LogP) is 7.72. The average molecular weight is 508 g/mol. The fourth-order valence-corrected chi connectivity index (χ4v) is 11.8. The summed E-state index contributed by atoms with van der Waals surface area (Å²) in [5.74, 6) is 3.48. The summed E-state index contributed by atoms with van der Waals surface area (Å²) in [5.41, 5.74) is 1.98. The monoisotopic (exact) mass is 507 g/mol. The molecule has 0 aromatic heterocycles. The van der Waals surface area contributed by atoms with E-state index in [-0.39, 0.29) is 5.41 Å². The fourth-order valence-electron chi connectivity index (χ4n) is 9.33. The highest BCUT2D eigenvalue weighted by molar-refractivity contribution is 6.70. The lowest BCUT2D eigenvalue weighted by Crippen LogP contribution is -2.58. The molecule has 4 saturated carbocycles. The van der Waals surface area contributed by atoms with E-state index in [2.05, 4.69) is 60.1 Å². The minimum absolute atomic E-state index is 0.277. The zero-order valence-electron chi connectivity index (χ0n) is 23.9. The number of oxime groups is 1. The number of fused-ring (bicyclic) bond motifs is 5. The van der Waals surface area contributed by atoms with E-state index in [1.807, 2.05) is 0 Å². The van der Waals surface area contributed by atoms with Crippen molar-refractivity contribution >= 4 is 22.3 Å². The molecule has 0 N–H and O–H groups in total. The van der Waals surface area contributed by atoms with E-state index in [0.717, 1.165) is 24.2 Å². The minimum atomic E-state index is -1.57. The summed E-state index contributed by atoms with van der Waals surface area (Å²) in [6.07, 6.45) is 11.0. The maximum Gasteiger partial charge on any atom is 0.184 e. The van der Waals surface area contributed by atoms with Crippen molar-refractivity contribution in [2.75, 3.05) is 7.11 Å². The van der Waals surface area contributed by atoms with E-state index in [1.165, 1.54) is 50.7 Å². The van der Waals surface area contributed by atoms with E-state index < -0.39 is 16.6 Å². The van der Waals surface area contributed by atoms with Crippen LogP contribution in [0.15, 0.2) is 5.16 Å². The molecule has 196 valence electrons. The topological polar surface area (TPSA) is 40.0 Å². The first-order valence-electron chi connectivity index (χ1n) is 14.1. The van der Waals surface area contributed by atoms with Crippen molar-refractivity contribution in [1.82, 2.24) is 0 Å². The third-order valence-electron chi connectivity index (χ3n) is 10.2. The Kier molecular flexibility index (Phi) is 7.34. The Bertz CT molecular complexity index is 775. The van der Waals surface area contributed by atoms with Gasteiger partial charge in [-0.3, -0.25) is 0 Å². The number of nitrogens with zero attached hydrogens (tertiary/aromatic N) is 1. The van der Waals surface area contributed by atoms with Gasteiger partial charge in [-0.2, -0.15) is 0 Å². The lowest BCUT2D eigenvalue weighted by molar-refractivity contribution is -0.0867. The molecule has 9 atom stereocenters. The van der Waals surface area contributed by atoms with Gasteiger partial charge in [0.25, 0.3) is 0 Å². The molecule has 4 rings (SSSR count). The highest BCUT2D eigenvalue weighted by Crippen LogP contribution is 2.67. The first kappa shape index (κ1) is 26.9. The van der Waals surface area contributed by atoms with E-state index in [0.29, 0.717) is 29.5 Å². The number of rotatable bonds is 6. The second-order valence-electron chi connectivity index (χ2n) is 14.7. The lowest BCUT2D eigenvalue weighted by atomic mass is 9.44. The third-order valence-corrected chi connectivity index (χ3v) is 12.3. The van der Waals surface area contributed by atoms with E-state index in [9.17, 15) is 0 Å². The van der Waals surface area contributed by atoms with Crippen molar-refractivity contribution in [2.24, 2.45) is 45.6 Å². The second-order valence-corrected chi connectivity index (χ2v) is 23.6. The second kappa shape index (κ2) is 9.29. The SMILES string of the molecule is CON=C1C[C@@]2(C)C(CC[C@@H]2[C@H](C)O[Si](C)(C)C)C2CCC3C[C@H](O[Si](C)(C)C)CC[C@]3(C)C12. The Labute approximate surface area is 212 Å². The Morgan fingerprint density at radius 3 is 2.24 bits per heavy atom. The van der Waals surface area contributed by atoms with Gasteiger partial charge in [0.2, 0.25) is 0 Å². The zero-order chi connectivity index (χ0) is 25.1. The molecule has 0 spiro atoms. The smallest absolute Gasteiger partial charge is 0.184 e. The van der Waals surface area contributed by atoms with E-state index in [1.54, 1.807) is 7.11 Å². The summed E-state index contributed by atoms with van der Waals surface area (Å²) in [5, 5.41) is 4.82. The maximum atomic E-state index is 6.68. The van der Waals surface area contributed by atoms with Crippen LogP contribution in [0.1, 0.15) is 72.1 Å². The summed E-state index contributed by atoms with van der Waals surface area (Å²) in [4.78, 5) is 5.56. The summed E-state index contributed by atoms with van der Waals surface area (Å²) in [7, 11) is -1.32. The molecule has 4 aliphatic rings. The van der Waals surface area contributed by atoms with Gasteiger partial charge < -0.3 is 13.7 Å². The molecule has 4 aliphatic carbocycles. The maximum absolute atomic E-state index is 6.68. The Hall–Kier alpha value is -0.176. The normalized spacial score (nSPS) is 44.8. The summed E-state index contributed by atoms with van der Waals surface area (Å²) in [6.45, 7) is 21.6. The van der Waals surface area contributed by atoms with Crippen molar-refractivity contribution in [3.05, 3.63) is 0 Å². The van der Waals surface area contributed by atoms with Crippen LogP contribution in [0.25, 0.3) is 0 Å². The molecular weight excluding hydrogens is 454 g/mol. The minimum Gasteiger partial charge on any atom is -0.415 e. The van der Waals surface area contributed by atoms with Gasteiger partial charge in [-0.25, -0.2) is 0 Å². The van der Waals surface area contributed by atoms with Crippen LogP contribution in [0.2, 0.25) is 39.3 Å². The molecule has 4 unspecified atom stereocenters. The van der Waals surface area contributed by atoms with Crippen LogP contribution in [-0.2, 0) is 13.7 Å². The van der Waals surface area contributed by atoms with Crippen LogP contribution in [0.4, 0.5) is 0 Å². The Morgan fingerprint density at radius 2 is 1.62 bits per heavy atom. The summed E-state index contributed by atoms with van der Waals surface area (Å²) < 4.78 is 13.3. The van der Waals surface area contributed by atoms with Gasteiger partial charge in [0.1, 0.15) is 7.11 Å². The average Bonchev–Trinajstić information content (AvgIpc) is 3.02. The van der Waals surface area contributed by atoms with Gasteiger partial charge in [-0.15, -0.1) is 0 Å². The molecule has 4 fully saturated rings. The van der Waals surface area contributed by atoms with Gasteiger partial charge in [-0.05, 0) is 132 Å². The van der Waals surface area contributed by atoms with E-state index in [4.69, 9.17) is 18.8 Å². The van der Waals surface area contributed by atoms with Crippen molar-refractivity contribution in [1.29, 1.82) is 0 Å². The lowest BCUT2D eigenvalue weighted by Gasteiger charge is -2.61. The number of hydrogen-bond acceptors (Lipinski definition) is 4. The van der Waals surface area contributed by atoms with Crippen LogP contribution >= 0.6 is 0 Å². The molecule has 0 saturated heterocycles. The van der Waals surface area contributed by atoms with Crippen LogP contribution in [0.5, 0.6) is 0 Å². The first-order chi connectivity index (χ1) is 15.7. The van der Waals surface area contributed by atoms with Crippen molar-refractivity contribution in [2.45, 2.75) is 124 Å². The van der Waals surface area contributed by atoms with Crippen molar-refractivity contribution in [3.63, 3.8) is 0 Å². The van der Waals surface area contributed by atoms with E-state index >= 15 is 0 Å². The van der Waals surface area contributed by atoms with Crippen LogP contribution in [-0.4, -0.2) is 41.7 Å². The Morgan fingerprint density at radius 1 is 0.912 bits per heavy atom. The predicted molar refractivity (Wildman–Crippen MR) is 147 cm³/mol. The van der Waals surface area contributed by atoms with Crippen LogP contribution in [0.3, 0.4) is 0 Å². The molecule has 34 heavy (non-hydrogen) atoms. The molecule has 0 aromatic rings. The molecule has 6 heteroatoms. The van der Waals surface area contributed by atoms with Gasteiger partial charge in [-0.1, -0.05) is 19.0 Å². The molecular formula is C28H53NO3Si2. The molecule has 0 radical (unpaired) electrons. The van der Waals surface area contributed by atoms with Crippen LogP contribution in [0, 0.1) is 40.4 Å².